The highest BCUT2D eigenvalue weighted by Gasteiger charge is 2.31. The van der Waals surface area contributed by atoms with Crippen LogP contribution in [0.5, 0.6) is 0 Å². The van der Waals surface area contributed by atoms with Gasteiger partial charge in [0.1, 0.15) is 0 Å². The van der Waals surface area contributed by atoms with Gasteiger partial charge >= 0.3 is 0 Å². The molecule has 1 amide bonds. The number of carbonyl (C=O) groups excluding carboxylic acids is 1. The molecule has 0 unspecified atom stereocenters. The Bertz CT molecular complexity index is 464. The number of aliphatic hydroxyl groups excluding tert-OH is 1. The highest BCUT2D eigenvalue weighted by atomic mass is 79.9. The van der Waals surface area contributed by atoms with E-state index in [0.717, 1.165) is 10.0 Å². The number of rotatable bonds is 2. The molecular formula is C13H17BrN2O2. The Labute approximate surface area is 115 Å². The van der Waals surface area contributed by atoms with Gasteiger partial charge in [0, 0.05) is 24.6 Å². The van der Waals surface area contributed by atoms with Crippen LogP contribution in [0.3, 0.4) is 0 Å². The molecule has 5 heteroatoms. The fraction of sp³-hybridized carbons (Fsp3) is 0.462. The van der Waals surface area contributed by atoms with Crippen LogP contribution in [0.15, 0.2) is 22.7 Å². The van der Waals surface area contributed by atoms with E-state index in [4.69, 9.17) is 0 Å². The van der Waals surface area contributed by atoms with Crippen LogP contribution < -0.4 is 5.32 Å². The van der Waals surface area contributed by atoms with E-state index in [-0.39, 0.29) is 11.9 Å². The first-order valence-electron chi connectivity index (χ1n) is 5.93. The minimum absolute atomic E-state index is 0.0744. The predicted octanol–water partition coefficient (Wildman–Crippen LogP) is 1.16. The maximum atomic E-state index is 12.4. The lowest BCUT2D eigenvalue weighted by atomic mass is 10.1. The first kappa shape index (κ1) is 13.5. The molecule has 98 valence electrons. The SMILES string of the molecule is Cc1ccc(C(=O)N(C)[C@@H]2CNC[C@H]2O)c(Br)c1. The zero-order valence-electron chi connectivity index (χ0n) is 10.5. The molecule has 0 saturated carbocycles. The summed E-state index contributed by atoms with van der Waals surface area (Å²) in [7, 11) is 1.73. The molecule has 0 aromatic heterocycles. The number of carbonyl (C=O) groups is 1. The van der Waals surface area contributed by atoms with Crippen molar-refractivity contribution in [3.05, 3.63) is 33.8 Å². The lowest BCUT2D eigenvalue weighted by Gasteiger charge is -2.26. The largest absolute Gasteiger partial charge is 0.390 e. The quantitative estimate of drug-likeness (QED) is 0.861. The van der Waals surface area contributed by atoms with Gasteiger partial charge in [-0.2, -0.15) is 0 Å². The van der Waals surface area contributed by atoms with Gasteiger partial charge < -0.3 is 15.3 Å². The van der Waals surface area contributed by atoms with Crippen molar-refractivity contribution >= 4 is 21.8 Å². The second-order valence-corrected chi connectivity index (χ2v) is 5.55. The normalized spacial score (nSPS) is 23.1. The second kappa shape index (κ2) is 5.38. The van der Waals surface area contributed by atoms with Crippen LogP contribution in [-0.4, -0.2) is 48.2 Å². The van der Waals surface area contributed by atoms with Crippen molar-refractivity contribution in [2.75, 3.05) is 20.1 Å². The van der Waals surface area contributed by atoms with Gasteiger partial charge in [0.2, 0.25) is 0 Å². The van der Waals surface area contributed by atoms with Gasteiger partial charge in [-0.05, 0) is 40.5 Å². The summed E-state index contributed by atoms with van der Waals surface area (Å²) in [5.41, 5.74) is 1.73. The van der Waals surface area contributed by atoms with E-state index in [1.807, 2.05) is 25.1 Å². The van der Waals surface area contributed by atoms with Gasteiger partial charge in [0.05, 0.1) is 17.7 Å². The summed E-state index contributed by atoms with van der Waals surface area (Å²) < 4.78 is 0.791. The smallest absolute Gasteiger partial charge is 0.255 e. The highest BCUT2D eigenvalue weighted by Crippen LogP contribution is 2.21. The zero-order chi connectivity index (χ0) is 13.3. The van der Waals surface area contributed by atoms with Gasteiger partial charge in [-0.15, -0.1) is 0 Å². The van der Waals surface area contributed by atoms with Crippen LogP contribution in [0.25, 0.3) is 0 Å². The molecule has 1 fully saturated rings. The van der Waals surface area contributed by atoms with Gasteiger partial charge in [-0.25, -0.2) is 0 Å². The predicted molar refractivity (Wildman–Crippen MR) is 73.6 cm³/mol. The van der Waals surface area contributed by atoms with Gasteiger partial charge in [0.25, 0.3) is 5.91 Å². The molecule has 2 rings (SSSR count). The first-order valence-corrected chi connectivity index (χ1v) is 6.72. The van der Waals surface area contributed by atoms with Gasteiger partial charge in [0.15, 0.2) is 0 Å². The Balaban J connectivity index is 2.20. The number of benzene rings is 1. The van der Waals surface area contributed by atoms with E-state index in [1.54, 1.807) is 11.9 Å². The number of nitrogens with one attached hydrogen (secondary N) is 1. The molecule has 2 atom stereocenters. The summed E-state index contributed by atoms with van der Waals surface area (Å²) in [6, 6.07) is 5.48. The fourth-order valence-corrected chi connectivity index (χ4v) is 2.84. The molecule has 1 aromatic rings. The summed E-state index contributed by atoms with van der Waals surface area (Å²) in [5.74, 6) is -0.0744. The molecule has 0 radical (unpaired) electrons. The number of amides is 1. The average Bonchev–Trinajstić information content (AvgIpc) is 2.74. The molecule has 1 heterocycles. The Hall–Kier alpha value is -0.910. The van der Waals surface area contributed by atoms with Crippen LogP contribution in [0.2, 0.25) is 0 Å². The standard InChI is InChI=1S/C13H17BrN2O2/c1-8-3-4-9(10(14)5-8)13(18)16(2)11-6-15-7-12(11)17/h3-5,11-12,15,17H,6-7H2,1-2H3/t11-,12-/m1/s1. The Morgan fingerprint density at radius 3 is 2.78 bits per heavy atom. The molecule has 1 aliphatic rings. The number of likely N-dealkylation sites (N-methyl/N-ethyl adjacent to an activating group) is 1. The molecule has 1 aromatic carbocycles. The third kappa shape index (κ3) is 2.58. The van der Waals surface area contributed by atoms with Crippen molar-refractivity contribution in [3.8, 4) is 0 Å². The third-order valence-electron chi connectivity index (χ3n) is 3.32. The molecular weight excluding hydrogens is 296 g/mol. The first-order chi connectivity index (χ1) is 8.50. The van der Waals surface area contributed by atoms with E-state index >= 15 is 0 Å². The summed E-state index contributed by atoms with van der Waals surface area (Å²) in [6.45, 7) is 3.15. The summed E-state index contributed by atoms with van der Waals surface area (Å²) in [6.07, 6.45) is -0.497. The Morgan fingerprint density at radius 2 is 2.22 bits per heavy atom. The van der Waals surface area contributed by atoms with E-state index in [1.165, 1.54) is 0 Å². The number of hydrogen-bond acceptors (Lipinski definition) is 3. The molecule has 0 aliphatic carbocycles. The summed E-state index contributed by atoms with van der Waals surface area (Å²) >= 11 is 3.41. The number of aryl methyl sites for hydroxylation is 1. The van der Waals surface area contributed by atoms with E-state index in [9.17, 15) is 9.90 Å². The Morgan fingerprint density at radius 1 is 1.50 bits per heavy atom. The zero-order valence-corrected chi connectivity index (χ0v) is 12.1. The van der Waals surface area contributed by atoms with Crippen LogP contribution in [0.1, 0.15) is 15.9 Å². The van der Waals surface area contributed by atoms with Crippen molar-refractivity contribution in [2.45, 2.75) is 19.1 Å². The van der Waals surface area contributed by atoms with Crippen molar-refractivity contribution < 1.29 is 9.90 Å². The summed E-state index contributed by atoms with van der Waals surface area (Å²) in [4.78, 5) is 14.0. The lowest BCUT2D eigenvalue weighted by Crippen LogP contribution is -2.44. The summed E-state index contributed by atoms with van der Waals surface area (Å²) in [5, 5.41) is 12.9. The Kier molecular flexibility index (Phi) is 4.04. The molecule has 1 saturated heterocycles. The lowest BCUT2D eigenvalue weighted by molar-refractivity contribution is 0.0580. The second-order valence-electron chi connectivity index (χ2n) is 4.69. The van der Waals surface area contributed by atoms with Crippen molar-refractivity contribution in [1.82, 2.24) is 10.2 Å². The van der Waals surface area contributed by atoms with E-state index < -0.39 is 6.10 Å². The fourth-order valence-electron chi connectivity index (χ4n) is 2.18. The van der Waals surface area contributed by atoms with Crippen molar-refractivity contribution in [1.29, 1.82) is 0 Å². The minimum Gasteiger partial charge on any atom is -0.390 e. The molecule has 4 nitrogen and oxygen atoms in total. The number of nitrogens with zero attached hydrogens (tertiary/aromatic N) is 1. The molecule has 2 N–H and O–H groups in total. The van der Waals surface area contributed by atoms with E-state index in [0.29, 0.717) is 18.7 Å². The van der Waals surface area contributed by atoms with Crippen molar-refractivity contribution in [2.24, 2.45) is 0 Å². The maximum absolute atomic E-state index is 12.4. The number of hydrogen-bond donors (Lipinski definition) is 2. The third-order valence-corrected chi connectivity index (χ3v) is 3.98. The van der Waals surface area contributed by atoms with Gasteiger partial charge in [-0.1, -0.05) is 6.07 Å². The minimum atomic E-state index is -0.497. The van der Waals surface area contributed by atoms with Crippen LogP contribution in [0.4, 0.5) is 0 Å². The highest BCUT2D eigenvalue weighted by molar-refractivity contribution is 9.10. The molecule has 1 aliphatic heterocycles. The number of β-amino-alcohol motifs (C(OH)–C–C–N with tert-alkyl or cyclic N) is 1. The van der Waals surface area contributed by atoms with Crippen molar-refractivity contribution in [3.63, 3.8) is 0 Å². The topological polar surface area (TPSA) is 52.6 Å². The number of halogens is 1. The van der Waals surface area contributed by atoms with Gasteiger partial charge in [-0.3, -0.25) is 4.79 Å². The molecule has 0 spiro atoms. The molecule has 0 bridgehead atoms. The number of aliphatic hydroxyl groups is 1. The van der Waals surface area contributed by atoms with E-state index in [2.05, 4.69) is 21.2 Å². The van der Waals surface area contributed by atoms with Crippen LogP contribution in [0, 0.1) is 6.92 Å². The monoisotopic (exact) mass is 312 g/mol. The van der Waals surface area contributed by atoms with Crippen LogP contribution >= 0.6 is 15.9 Å². The maximum Gasteiger partial charge on any atom is 0.255 e. The average molecular weight is 313 g/mol. The molecule has 18 heavy (non-hydrogen) atoms. The van der Waals surface area contributed by atoms with Crippen LogP contribution in [-0.2, 0) is 0 Å².